The Labute approximate surface area is 221 Å². The van der Waals surface area contributed by atoms with E-state index < -0.39 is 0 Å². The molecular weight excluding hydrogens is 462 g/mol. The van der Waals surface area contributed by atoms with Gasteiger partial charge in [-0.2, -0.15) is 0 Å². The van der Waals surface area contributed by atoms with Gasteiger partial charge < -0.3 is 0 Å². The van der Waals surface area contributed by atoms with E-state index in [0.29, 0.717) is 0 Å². The molecule has 7 rings (SSSR count). The van der Waals surface area contributed by atoms with Crippen molar-refractivity contribution in [1.29, 1.82) is 0 Å². The van der Waals surface area contributed by atoms with Gasteiger partial charge in [0.05, 0.1) is 11.4 Å². The van der Waals surface area contributed by atoms with Gasteiger partial charge in [0.25, 0.3) is 0 Å². The van der Waals surface area contributed by atoms with Crippen LogP contribution < -0.4 is 0 Å². The van der Waals surface area contributed by atoms with Crippen molar-refractivity contribution < 1.29 is 0 Å². The van der Waals surface area contributed by atoms with Crippen molar-refractivity contribution in [2.24, 2.45) is 0 Å². The van der Waals surface area contributed by atoms with Gasteiger partial charge in [-0.15, -0.1) is 0 Å². The molecule has 0 atom stereocenters. The second-order valence-corrected chi connectivity index (χ2v) is 9.33. The molecule has 0 radical (unpaired) electrons. The fourth-order valence-corrected chi connectivity index (χ4v) is 5.13. The highest BCUT2D eigenvalue weighted by atomic mass is 14.8. The van der Waals surface area contributed by atoms with Gasteiger partial charge >= 0.3 is 0 Å². The molecule has 0 aliphatic heterocycles. The van der Waals surface area contributed by atoms with Gasteiger partial charge in [-0.05, 0) is 50.9 Å². The molecule has 38 heavy (non-hydrogen) atoms. The van der Waals surface area contributed by atoms with Crippen LogP contribution in [-0.4, -0.2) is 15.0 Å². The Kier molecular flexibility index (Phi) is 5.45. The molecular formula is C35H23N3. The maximum atomic E-state index is 5.24. The first-order valence-electron chi connectivity index (χ1n) is 12.7. The monoisotopic (exact) mass is 485 g/mol. The van der Waals surface area contributed by atoms with Gasteiger partial charge in [0.15, 0.2) is 5.82 Å². The smallest absolute Gasteiger partial charge is 0.159 e. The van der Waals surface area contributed by atoms with Crippen molar-refractivity contribution in [3.63, 3.8) is 0 Å². The Balaban J connectivity index is 1.44. The number of pyridine rings is 1. The van der Waals surface area contributed by atoms with Gasteiger partial charge in [0, 0.05) is 29.1 Å². The number of hydrogen-bond donors (Lipinski definition) is 0. The van der Waals surface area contributed by atoms with E-state index in [9.17, 15) is 0 Å². The first kappa shape index (κ1) is 22.1. The molecule has 5 aromatic carbocycles. The van der Waals surface area contributed by atoms with Crippen LogP contribution in [0.15, 0.2) is 140 Å². The minimum atomic E-state index is 0.724. The summed E-state index contributed by atoms with van der Waals surface area (Å²) in [5, 5.41) is 4.80. The van der Waals surface area contributed by atoms with Crippen LogP contribution in [0.4, 0.5) is 0 Å². The summed E-state index contributed by atoms with van der Waals surface area (Å²) in [7, 11) is 0. The SMILES string of the molecule is c1cnc(-c2ccc(-c3cc(-c4cccc5ccccc45)nc(-c4cccc5ccccc45)c3)cc2)nc1. The summed E-state index contributed by atoms with van der Waals surface area (Å²) in [6, 6.07) is 44.5. The zero-order valence-electron chi connectivity index (χ0n) is 20.6. The fraction of sp³-hybridized carbons (Fsp3) is 0. The van der Waals surface area contributed by atoms with E-state index in [0.717, 1.165) is 45.0 Å². The summed E-state index contributed by atoms with van der Waals surface area (Å²) in [5.41, 5.74) is 7.39. The Morgan fingerprint density at radius 2 is 0.895 bits per heavy atom. The van der Waals surface area contributed by atoms with Crippen molar-refractivity contribution in [3.8, 4) is 45.0 Å². The van der Waals surface area contributed by atoms with Crippen molar-refractivity contribution in [1.82, 2.24) is 15.0 Å². The largest absolute Gasteiger partial charge is 0.248 e. The standard InChI is InChI=1S/C35H23N3/c1-3-12-29-25(8-1)10-5-14-31(29)33-22-28(24-16-18-27(19-17-24)35-36-20-7-21-37-35)23-34(38-33)32-15-6-11-26-9-2-4-13-30(26)32/h1-23H. The third kappa shape index (κ3) is 4.00. The lowest BCUT2D eigenvalue weighted by Gasteiger charge is -2.13. The third-order valence-electron chi connectivity index (χ3n) is 7.00. The first-order chi connectivity index (χ1) is 18.8. The summed E-state index contributed by atoms with van der Waals surface area (Å²) < 4.78 is 0. The van der Waals surface area contributed by atoms with Crippen molar-refractivity contribution >= 4 is 21.5 Å². The molecule has 2 aromatic heterocycles. The van der Waals surface area contributed by atoms with E-state index >= 15 is 0 Å². The zero-order chi connectivity index (χ0) is 25.3. The van der Waals surface area contributed by atoms with E-state index in [1.807, 2.05) is 6.07 Å². The predicted octanol–water partition coefficient (Wildman–Crippen LogP) is 8.85. The number of rotatable bonds is 4. The van der Waals surface area contributed by atoms with Gasteiger partial charge in [0.2, 0.25) is 0 Å². The van der Waals surface area contributed by atoms with Crippen LogP contribution in [0.25, 0.3) is 66.6 Å². The van der Waals surface area contributed by atoms with Crippen LogP contribution in [0.5, 0.6) is 0 Å². The summed E-state index contributed by atoms with van der Waals surface area (Å²) in [6.45, 7) is 0. The Morgan fingerprint density at radius 1 is 0.395 bits per heavy atom. The van der Waals surface area contributed by atoms with E-state index in [4.69, 9.17) is 4.98 Å². The van der Waals surface area contributed by atoms with Crippen LogP contribution in [0, 0.1) is 0 Å². The number of benzene rings is 5. The molecule has 0 fully saturated rings. The molecule has 2 heterocycles. The molecule has 0 amide bonds. The van der Waals surface area contributed by atoms with Crippen LogP contribution in [0.3, 0.4) is 0 Å². The molecule has 0 saturated heterocycles. The lowest BCUT2D eigenvalue weighted by atomic mass is 9.95. The molecule has 0 aliphatic carbocycles. The molecule has 3 nitrogen and oxygen atoms in total. The van der Waals surface area contributed by atoms with Gasteiger partial charge in [-0.25, -0.2) is 15.0 Å². The molecule has 7 aromatic rings. The summed E-state index contributed by atoms with van der Waals surface area (Å²) in [4.78, 5) is 14.0. The van der Waals surface area contributed by atoms with Crippen LogP contribution in [-0.2, 0) is 0 Å². The van der Waals surface area contributed by atoms with E-state index in [-0.39, 0.29) is 0 Å². The highest BCUT2D eigenvalue weighted by molar-refractivity contribution is 5.99. The number of hydrogen-bond acceptors (Lipinski definition) is 3. The second kappa shape index (κ2) is 9.38. The number of aromatic nitrogens is 3. The summed E-state index contributed by atoms with van der Waals surface area (Å²) in [6.07, 6.45) is 3.54. The maximum Gasteiger partial charge on any atom is 0.159 e. The third-order valence-corrected chi connectivity index (χ3v) is 7.00. The predicted molar refractivity (Wildman–Crippen MR) is 157 cm³/mol. The molecule has 0 bridgehead atoms. The quantitative estimate of drug-likeness (QED) is 0.250. The van der Waals surface area contributed by atoms with E-state index in [2.05, 4.69) is 131 Å². The topological polar surface area (TPSA) is 38.7 Å². The van der Waals surface area contributed by atoms with Crippen LogP contribution in [0.1, 0.15) is 0 Å². The molecule has 0 unspecified atom stereocenters. The minimum absolute atomic E-state index is 0.724. The van der Waals surface area contributed by atoms with Crippen molar-refractivity contribution in [2.45, 2.75) is 0 Å². The van der Waals surface area contributed by atoms with E-state index in [1.165, 1.54) is 21.5 Å². The van der Waals surface area contributed by atoms with Gasteiger partial charge in [0.1, 0.15) is 0 Å². The summed E-state index contributed by atoms with van der Waals surface area (Å²) >= 11 is 0. The Morgan fingerprint density at radius 3 is 1.47 bits per heavy atom. The molecule has 0 saturated carbocycles. The van der Waals surface area contributed by atoms with Crippen molar-refractivity contribution in [3.05, 3.63) is 140 Å². The minimum Gasteiger partial charge on any atom is -0.248 e. The molecule has 0 aliphatic rings. The molecule has 3 heteroatoms. The Bertz CT molecular complexity index is 1800. The second-order valence-electron chi connectivity index (χ2n) is 9.33. The molecule has 0 N–H and O–H groups in total. The first-order valence-corrected chi connectivity index (χ1v) is 12.7. The van der Waals surface area contributed by atoms with E-state index in [1.54, 1.807) is 12.4 Å². The summed E-state index contributed by atoms with van der Waals surface area (Å²) in [5.74, 6) is 0.724. The van der Waals surface area contributed by atoms with Gasteiger partial charge in [-0.3, -0.25) is 0 Å². The maximum absolute atomic E-state index is 5.24. The average Bonchev–Trinajstić information content (AvgIpc) is 3.01. The lowest BCUT2D eigenvalue weighted by molar-refractivity contribution is 1.18. The van der Waals surface area contributed by atoms with Crippen LogP contribution >= 0.6 is 0 Å². The fourth-order valence-electron chi connectivity index (χ4n) is 5.13. The molecule has 178 valence electrons. The highest BCUT2D eigenvalue weighted by Gasteiger charge is 2.13. The molecule has 0 spiro atoms. The normalized spacial score (nSPS) is 11.2. The number of fused-ring (bicyclic) bond motifs is 2. The highest BCUT2D eigenvalue weighted by Crippen LogP contribution is 2.36. The number of nitrogens with zero attached hydrogens (tertiary/aromatic N) is 3. The average molecular weight is 486 g/mol. The lowest BCUT2D eigenvalue weighted by Crippen LogP contribution is -1.93. The van der Waals surface area contributed by atoms with Gasteiger partial charge in [-0.1, -0.05) is 109 Å². The van der Waals surface area contributed by atoms with Crippen LogP contribution in [0.2, 0.25) is 0 Å². The zero-order valence-corrected chi connectivity index (χ0v) is 20.6. The Hall–Kier alpha value is -5.15. The van der Waals surface area contributed by atoms with Crippen molar-refractivity contribution in [2.75, 3.05) is 0 Å².